The van der Waals surface area contributed by atoms with Crippen molar-refractivity contribution < 1.29 is 24.5 Å². The molecular formula is C13H16O5S. The van der Waals surface area contributed by atoms with Crippen LogP contribution >= 0.6 is 11.8 Å². The second kappa shape index (κ2) is 7.68. The van der Waals surface area contributed by atoms with Gasteiger partial charge in [0.15, 0.2) is 5.92 Å². The molecule has 2 N–H and O–H groups in total. The molecule has 0 fully saturated rings. The average Bonchev–Trinajstić information content (AvgIpc) is 2.38. The molecule has 104 valence electrons. The highest BCUT2D eigenvalue weighted by Gasteiger charge is 2.24. The van der Waals surface area contributed by atoms with Gasteiger partial charge >= 0.3 is 11.9 Å². The minimum atomic E-state index is -1.31. The van der Waals surface area contributed by atoms with Gasteiger partial charge in [0.1, 0.15) is 5.75 Å². The summed E-state index contributed by atoms with van der Waals surface area (Å²) >= 11 is 1.56. The van der Waals surface area contributed by atoms with Crippen molar-refractivity contribution in [2.75, 3.05) is 12.9 Å². The van der Waals surface area contributed by atoms with Gasteiger partial charge in [-0.3, -0.25) is 9.59 Å². The molecule has 0 saturated carbocycles. The van der Waals surface area contributed by atoms with Gasteiger partial charge in [-0.1, -0.05) is 0 Å². The van der Waals surface area contributed by atoms with Crippen LogP contribution in [0.2, 0.25) is 0 Å². The van der Waals surface area contributed by atoms with Crippen molar-refractivity contribution in [1.82, 2.24) is 0 Å². The number of hydrogen-bond donors (Lipinski definition) is 2. The SMILES string of the molecule is COc1ccc(SCCCC(C(=O)O)C(=O)O)cc1. The van der Waals surface area contributed by atoms with E-state index >= 15 is 0 Å². The number of aliphatic carboxylic acids is 2. The number of carboxylic acid groups (broad SMARTS) is 2. The Balaban J connectivity index is 2.33. The molecule has 0 spiro atoms. The monoisotopic (exact) mass is 284 g/mol. The first-order valence-electron chi connectivity index (χ1n) is 5.77. The molecule has 0 aliphatic rings. The molecule has 1 rings (SSSR count). The highest BCUT2D eigenvalue weighted by Crippen LogP contribution is 2.23. The van der Waals surface area contributed by atoms with E-state index in [9.17, 15) is 9.59 Å². The van der Waals surface area contributed by atoms with Crippen LogP contribution in [0.15, 0.2) is 29.2 Å². The Morgan fingerprint density at radius 1 is 1.21 bits per heavy atom. The molecule has 0 aliphatic heterocycles. The van der Waals surface area contributed by atoms with E-state index in [4.69, 9.17) is 14.9 Å². The van der Waals surface area contributed by atoms with E-state index in [1.807, 2.05) is 24.3 Å². The van der Waals surface area contributed by atoms with Gasteiger partial charge in [-0.2, -0.15) is 0 Å². The third-order valence-corrected chi connectivity index (χ3v) is 3.66. The molecule has 0 saturated heterocycles. The number of carbonyl (C=O) groups is 2. The number of thioether (sulfide) groups is 1. The predicted octanol–water partition coefficient (Wildman–Crippen LogP) is 2.35. The zero-order valence-corrected chi connectivity index (χ0v) is 11.4. The van der Waals surface area contributed by atoms with Crippen molar-refractivity contribution in [1.29, 1.82) is 0 Å². The molecular weight excluding hydrogens is 268 g/mol. The normalized spacial score (nSPS) is 10.4. The molecule has 0 amide bonds. The van der Waals surface area contributed by atoms with Crippen LogP contribution in [-0.2, 0) is 9.59 Å². The summed E-state index contributed by atoms with van der Waals surface area (Å²) in [5, 5.41) is 17.4. The van der Waals surface area contributed by atoms with E-state index in [1.54, 1.807) is 18.9 Å². The van der Waals surface area contributed by atoms with Crippen LogP contribution in [-0.4, -0.2) is 35.0 Å². The fourth-order valence-corrected chi connectivity index (χ4v) is 2.38. The smallest absolute Gasteiger partial charge is 0.317 e. The first kappa shape index (κ1) is 15.4. The van der Waals surface area contributed by atoms with E-state index in [1.165, 1.54) is 0 Å². The average molecular weight is 284 g/mol. The molecule has 1 aromatic carbocycles. The molecule has 0 radical (unpaired) electrons. The van der Waals surface area contributed by atoms with Crippen molar-refractivity contribution >= 4 is 23.7 Å². The summed E-state index contributed by atoms with van der Waals surface area (Å²) in [4.78, 5) is 22.4. The van der Waals surface area contributed by atoms with Crippen LogP contribution in [0.4, 0.5) is 0 Å². The highest BCUT2D eigenvalue weighted by molar-refractivity contribution is 7.99. The second-order valence-corrected chi connectivity index (χ2v) is 5.06. The maximum Gasteiger partial charge on any atom is 0.317 e. The largest absolute Gasteiger partial charge is 0.497 e. The van der Waals surface area contributed by atoms with Crippen molar-refractivity contribution in [3.63, 3.8) is 0 Å². The second-order valence-electron chi connectivity index (χ2n) is 3.90. The standard InChI is InChI=1S/C13H16O5S/c1-18-9-4-6-10(7-5-9)19-8-2-3-11(12(14)15)13(16)17/h4-7,11H,2-3,8H2,1H3,(H,14,15)(H,16,17). The summed E-state index contributed by atoms with van der Waals surface area (Å²) in [6, 6.07) is 7.52. The number of benzene rings is 1. The molecule has 0 heterocycles. The maximum absolute atomic E-state index is 10.7. The Hall–Kier alpha value is -1.69. The fraction of sp³-hybridized carbons (Fsp3) is 0.385. The topological polar surface area (TPSA) is 83.8 Å². The number of rotatable bonds is 8. The lowest BCUT2D eigenvalue weighted by molar-refractivity contribution is -0.154. The first-order valence-corrected chi connectivity index (χ1v) is 6.75. The summed E-state index contributed by atoms with van der Waals surface area (Å²) in [5.74, 6) is -2.40. The number of methoxy groups -OCH3 is 1. The Morgan fingerprint density at radius 2 is 1.79 bits per heavy atom. The number of hydrogen-bond acceptors (Lipinski definition) is 4. The maximum atomic E-state index is 10.7. The molecule has 0 aliphatic carbocycles. The number of ether oxygens (including phenoxy) is 1. The minimum Gasteiger partial charge on any atom is -0.497 e. The molecule has 6 heteroatoms. The van der Waals surface area contributed by atoms with E-state index in [0.717, 1.165) is 10.6 Å². The lowest BCUT2D eigenvalue weighted by Gasteiger charge is -2.07. The van der Waals surface area contributed by atoms with E-state index in [-0.39, 0.29) is 6.42 Å². The molecule has 0 atom stereocenters. The van der Waals surface area contributed by atoms with Crippen LogP contribution in [0, 0.1) is 5.92 Å². The van der Waals surface area contributed by atoms with Gasteiger partial charge in [-0.05, 0) is 42.9 Å². The third-order valence-electron chi connectivity index (χ3n) is 2.56. The van der Waals surface area contributed by atoms with E-state index in [0.29, 0.717) is 12.2 Å². The Labute approximate surface area is 115 Å². The van der Waals surface area contributed by atoms with E-state index < -0.39 is 17.9 Å². The highest BCUT2D eigenvalue weighted by atomic mass is 32.2. The number of carboxylic acids is 2. The summed E-state index contributed by atoms with van der Waals surface area (Å²) in [6.07, 6.45) is 0.688. The van der Waals surface area contributed by atoms with E-state index in [2.05, 4.69) is 0 Å². The molecule has 19 heavy (non-hydrogen) atoms. The molecule has 0 bridgehead atoms. The summed E-state index contributed by atoms with van der Waals surface area (Å²) in [5.41, 5.74) is 0. The van der Waals surface area contributed by atoms with Crippen molar-refractivity contribution in [2.45, 2.75) is 17.7 Å². The predicted molar refractivity (Wildman–Crippen MR) is 71.7 cm³/mol. The molecule has 0 unspecified atom stereocenters. The van der Waals surface area contributed by atoms with Crippen LogP contribution in [0.1, 0.15) is 12.8 Å². The van der Waals surface area contributed by atoms with Gasteiger partial charge in [0.2, 0.25) is 0 Å². The van der Waals surface area contributed by atoms with Gasteiger partial charge < -0.3 is 14.9 Å². The Kier molecular flexibility index (Phi) is 6.21. The van der Waals surface area contributed by atoms with Crippen LogP contribution in [0.5, 0.6) is 5.75 Å². The zero-order valence-electron chi connectivity index (χ0n) is 10.5. The molecule has 1 aromatic rings. The molecule has 5 nitrogen and oxygen atoms in total. The minimum absolute atomic E-state index is 0.147. The van der Waals surface area contributed by atoms with Gasteiger partial charge in [-0.25, -0.2) is 0 Å². The Bertz CT molecular complexity index is 415. The first-order chi connectivity index (χ1) is 9.04. The van der Waals surface area contributed by atoms with Crippen LogP contribution in [0.25, 0.3) is 0 Å². The summed E-state index contributed by atoms with van der Waals surface area (Å²) in [7, 11) is 1.60. The fourth-order valence-electron chi connectivity index (χ4n) is 1.50. The van der Waals surface area contributed by atoms with Gasteiger partial charge in [0.25, 0.3) is 0 Å². The van der Waals surface area contributed by atoms with Gasteiger partial charge in [-0.15, -0.1) is 11.8 Å². The summed E-state index contributed by atoms with van der Waals surface area (Å²) in [6.45, 7) is 0. The van der Waals surface area contributed by atoms with Gasteiger partial charge in [0.05, 0.1) is 7.11 Å². The van der Waals surface area contributed by atoms with Crippen molar-refractivity contribution in [2.24, 2.45) is 5.92 Å². The van der Waals surface area contributed by atoms with Crippen LogP contribution in [0.3, 0.4) is 0 Å². The van der Waals surface area contributed by atoms with Crippen LogP contribution < -0.4 is 4.74 Å². The third kappa shape index (κ3) is 5.21. The van der Waals surface area contributed by atoms with Gasteiger partial charge in [0, 0.05) is 4.90 Å². The summed E-state index contributed by atoms with van der Waals surface area (Å²) < 4.78 is 5.04. The Morgan fingerprint density at radius 3 is 2.26 bits per heavy atom. The quantitative estimate of drug-likeness (QED) is 0.433. The van der Waals surface area contributed by atoms with Crippen molar-refractivity contribution in [3.05, 3.63) is 24.3 Å². The zero-order chi connectivity index (χ0) is 14.3. The molecule has 0 aromatic heterocycles. The lowest BCUT2D eigenvalue weighted by atomic mass is 10.1. The van der Waals surface area contributed by atoms with Crippen molar-refractivity contribution in [3.8, 4) is 5.75 Å². The lowest BCUT2D eigenvalue weighted by Crippen LogP contribution is -2.23.